The van der Waals surface area contributed by atoms with Crippen molar-refractivity contribution in [1.82, 2.24) is 4.98 Å². The summed E-state index contributed by atoms with van der Waals surface area (Å²) in [5.74, 6) is -4.30. The van der Waals surface area contributed by atoms with Crippen molar-refractivity contribution in [2.45, 2.75) is 18.9 Å². The molecule has 0 spiro atoms. The average Bonchev–Trinajstić information content (AvgIpc) is 3.10. The maximum atomic E-state index is 12.3. The lowest BCUT2D eigenvalue weighted by molar-refractivity contribution is -0.149. The van der Waals surface area contributed by atoms with E-state index in [1.54, 1.807) is 18.2 Å². The standard InChI is InChI=1S/C21H15NO5/c23-15-9-16(24)21(26)19(20(15)25)13-10-22-14-7-4-8-17(18(13)14)27-11-12-5-2-1-3-6-12/h1-8,10,19,22H,9,11H2. The Bertz CT molecular complexity index is 1050. The molecule has 1 aliphatic carbocycles. The van der Waals surface area contributed by atoms with Crippen LogP contribution >= 0.6 is 0 Å². The molecule has 2 aromatic carbocycles. The van der Waals surface area contributed by atoms with Crippen LogP contribution in [0.15, 0.2) is 54.7 Å². The molecule has 0 amide bonds. The number of fused-ring (bicyclic) bond motifs is 1. The molecule has 4 rings (SSSR count). The monoisotopic (exact) mass is 361 g/mol. The number of rotatable bonds is 4. The van der Waals surface area contributed by atoms with Crippen LogP contribution in [0, 0.1) is 0 Å². The quantitative estimate of drug-likeness (QED) is 0.569. The fourth-order valence-electron chi connectivity index (χ4n) is 3.30. The van der Waals surface area contributed by atoms with Gasteiger partial charge in [0.15, 0.2) is 0 Å². The number of carbonyl (C=O) groups is 4. The van der Waals surface area contributed by atoms with Crippen molar-refractivity contribution < 1.29 is 23.9 Å². The molecule has 0 unspecified atom stereocenters. The number of hydrogen-bond donors (Lipinski definition) is 1. The Morgan fingerprint density at radius 2 is 1.59 bits per heavy atom. The van der Waals surface area contributed by atoms with Crippen LogP contribution in [-0.4, -0.2) is 28.1 Å². The number of ketones is 4. The van der Waals surface area contributed by atoms with Crippen molar-refractivity contribution in [3.05, 3.63) is 65.9 Å². The van der Waals surface area contributed by atoms with Crippen molar-refractivity contribution in [3.8, 4) is 5.75 Å². The molecule has 1 heterocycles. The zero-order valence-corrected chi connectivity index (χ0v) is 14.2. The summed E-state index contributed by atoms with van der Waals surface area (Å²) in [7, 11) is 0. The number of Topliss-reactive ketones (excluding diaryl/α,β-unsaturated/α-hetero) is 4. The topological polar surface area (TPSA) is 93.3 Å². The van der Waals surface area contributed by atoms with Crippen molar-refractivity contribution in [2.75, 3.05) is 0 Å². The first kappa shape index (κ1) is 16.9. The fourth-order valence-corrected chi connectivity index (χ4v) is 3.30. The maximum absolute atomic E-state index is 12.3. The largest absolute Gasteiger partial charge is 0.488 e. The molecule has 1 saturated carbocycles. The molecule has 0 aliphatic heterocycles. The Labute approximate surface area is 154 Å². The second kappa shape index (κ2) is 6.64. The lowest BCUT2D eigenvalue weighted by Gasteiger charge is -2.18. The average molecular weight is 361 g/mol. The molecule has 0 atom stereocenters. The lowest BCUT2D eigenvalue weighted by Crippen LogP contribution is -2.40. The zero-order chi connectivity index (χ0) is 19.0. The van der Waals surface area contributed by atoms with E-state index < -0.39 is 35.5 Å². The van der Waals surface area contributed by atoms with E-state index in [1.807, 2.05) is 30.3 Å². The number of aromatic nitrogens is 1. The van der Waals surface area contributed by atoms with Crippen molar-refractivity contribution in [2.24, 2.45) is 0 Å². The molecule has 27 heavy (non-hydrogen) atoms. The van der Waals surface area contributed by atoms with Crippen LogP contribution in [0.5, 0.6) is 5.75 Å². The van der Waals surface area contributed by atoms with E-state index in [9.17, 15) is 19.2 Å². The van der Waals surface area contributed by atoms with Gasteiger partial charge in [-0.25, -0.2) is 0 Å². The normalized spacial score (nSPS) is 15.6. The molecule has 6 nitrogen and oxygen atoms in total. The highest BCUT2D eigenvalue weighted by Gasteiger charge is 2.43. The number of hydrogen-bond acceptors (Lipinski definition) is 5. The molecule has 0 bridgehead atoms. The van der Waals surface area contributed by atoms with Gasteiger partial charge in [0.2, 0.25) is 23.1 Å². The van der Waals surface area contributed by atoms with E-state index in [0.717, 1.165) is 5.56 Å². The smallest absolute Gasteiger partial charge is 0.214 e. The number of benzene rings is 2. The number of nitrogens with one attached hydrogen (secondary N) is 1. The first-order chi connectivity index (χ1) is 13.1. The zero-order valence-electron chi connectivity index (χ0n) is 14.2. The first-order valence-corrected chi connectivity index (χ1v) is 8.47. The van der Waals surface area contributed by atoms with E-state index in [2.05, 4.69) is 4.98 Å². The molecule has 1 aromatic heterocycles. The molecule has 134 valence electrons. The van der Waals surface area contributed by atoms with E-state index in [4.69, 9.17) is 4.74 Å². The van der Waals surface area contributed by atoms with Gasteiger partial charge in [0.05, 0.1) is 6.42 Å². The molecule has 1 aliphatic rings. The predicted molar refractivity (Wildman–Crippen MR) is 96.5 cm³/mol. The lowest BCUT2D eigenvalue weighted by atomic mass is 9.80. The molecular formula is C21H15NO5. The Kier molecular flexibility index (Phi) is 4.16. The summed E-state index contributed by atoms with van der Waals surface area (Å²) in [6.07, 6.45) is 0.847. The van der Waals surface area contributed by atoms with Gasteiger partial charge in [-0.3, -0.25) is 19.2 Å². The van der Waals surface area contributed by atoms with Crippen LogP contribution in [0.25, 0.3) is 10.9 Å². The second-order valence-electron chi connectivity index (χ2n) is 6.38. The van der Waals surface area contributed by atoms with E-state index in [0.29, 0.717) is 28.8 Å². The van der Waals surface area contributed by atoms with Crippen LogP contribution in [0.3, 0.4) is 0 Å². The molecule has 0 radical (unpaired) electrons. The van der Waals surface area contributed by atoms with Crippen molar-refractivity contribution in [1.29, 1.82) is 0 Å². The van der Waals surface area contributed by atoms with Gasteiger partial charge < -0.3 is 9.72 Å². The first-order valence-electron chi connectivity index (χ1n) is 8.47. The molecule has 0 saturated heterocycles. The summed E-state index contributed by atoms with van der Waals surface area (Å²) in [5.41, 5.74) is 1.91. The summed E-state index contributed by atoms with van der Waals surface area (Å²) in [6.45, 7) is 0.301. The van der Waals surface area contributed by atoms with Gasteiger partial charge in [-0.05, 0) is 17.7 Å². The summed E-state index contributed by atoms with van der Waals surface area (Å²) in [5, 5.41) is 0.530. The predicted octanol–water partition coefficient (Wildman–Crippen LogP) is 2.51. The number of ether oxygens (including phenoxy) is 1. The van der Waals surface area contributed by atoms with Crippen LogP contribution in [0.1, 0.15) is 23.5 Å². The number of aromatic amines is 1. The summed E-state index contributed by atoms with van der Waals surface area (Å²) in [6, 6.07) is 14.8. The Hall–Kier alpha value is -3.54. The number of carbonyl (C=O) groups excluding carboxylic acids is 4. The number of H-pyrrole nitrogens is 1. The Balaban J connectivity index is 1.76. The molecule has 1 N–H and O–H groups in total. The highest BCUT2D eigenvalue weighted by atomic mass is 16.5. The fraction of sp³-hybridized carbons (Fsp3) is 0.143. The van der Waals surface area contributed by atoms with Gasteiger partial charge >= 0.3 is 0 Å². The third-order valence-electron chi connectivity index (χ3n) is 4.64. The van der Waals surface area contributed by atoms with Crippen LogP contribution in [0.2, 0.25) is 0 Å². The van der Waals surface area contributed by atoms with Crippen molar-refractivity contribution in [3.63, 3.8) is 0 Å². The molecule has 1 fully saturated rings. The minimum atomic E-state index is -1.41. The van der Waals surface area contributed by atoms with Crippen LogP contribution < -0.4 is 4.74 Å². The van der Waals surface area contributed by atoms with E-state index >= 15 is 0 Å². The van der Waals surface area contributed by atoms with Gasteiger partial charge in [0.25, 0.3) is 0 Å². The summed E-state index contributed by atoms with van der Waals surface area (Å²) >= 11 is 0. The van der Waals surface area contributed by atoms with Crippen LogP contribution in [0.4, 0.5) is 0 Å². The molecular weight excluding hydrogens is 346 g/mol. The highest BCUT2D eigenvalue weighted by molar-refractivity contribution is 6.61. The van der Waals surface area contributed by atoms with Gasteiger partial charge in [-0.2, -0.15) is 0 Å². The van der Waals surface area contributed by atoms with E-state index in [-0.39, 0.29) is 0 Å². The Morgan fingerprint density at radius 3 is 2.30 bits per heavy atom. The second-order valence-corrected chi connectivity index (χ2v) is 6.38. The van der Waals surface area contributed by atoms with Crippen molar-refractivity contribution >= 4 is 34.0 Å². The van der Waals surface area contributed by atoms with Gasteiger partial charge in [0.1, 0.15) is 18.3 Å². The molecule has 3 aromatic rings. The third kappa shape index (κ3) is 2.95. The SMILES string of the molecule is O=C1CC(=O)C(=O)C(c2c[nH]c3cccc(OCc4ccccc4)c23)C1=O. The van der Waals surface area contributed by atoms with Gasteiger partial charge in [-0.1, -0.05) is 36.4 Å². The summed E-state index contributed by atoms with van der Waals surface area (Å²) in [4.78, 5) is 51.3. The Morgan fingerprint density at radius 1 is 0.889 bits per heavy atom. The minimum Gasteiger partial charge on any atom is -0.488 e. The van der Waals surface area contributed by atoms with Gasteiger partial charge in [0, 0.05) is 22.7 Å². The molecule has 6 heteroatoms. The summed E-state index contributed by atoms with van der Waals surface area (Å²) < 4.78 is 5.91. The van der Waals surface area contributed by atoms with Gasteiger partial charge in [-0.15, -0.1) is 0 Å². The van der Waals surface area contributed by atoms with Crippen LogP contribution in [-0.2, 0) is 25.8 Å². The van der Waals surface area contributed by atoms with E-state index in [1.165, 1.54) is 6.20 Å². The third-order valence-corrected chi connectivity index (χ3v) is 4.64. The minimum absolute atomic E-state index is 0.296. The highest BCUT2D eigenvalue weighted by Crippen LogP contribution is 2.36. The maximum Gasteiger partial charge on any atom is 0.214 e.